The molecule has 2 nitrogen and oxygen atoms in total. The Labute approximate surface area is 86.8 Å². The highest BCUT2D eigenvalue weighted by atomic mass is 35.5. The van der Waals surface area contributed by atoms with E-state index < -0.39 is 10.8 Å². The monoisotopic (exact) mass is 220 g/mol. The molecule has 72 valence electrons. The number of alkyl halides is 1. The van der Waals surface area contributed by atoms with Crippen LogP contribution in [0.25, 0.3) is 0 Å². The minimum atomic E-state index is -1.04. The lowest BCUT2D eigenvalue weighted by molar-refractivity contribution is -0.132. The lowest BCUT2D eigenvalue weighted by atomic mass is 9.87. The number of hydrogen-bond donors (Lipinski definition) is 1. The zero-order valence-corrected chi connectivity index (χ0v) is 8.86. The molecule has 0 spiro atoms. The van der Waals surface area contributed by atoms with Gasteiger partial charge in [0.15, 0.2) is 0 Å². The lowest BCUT2D eigenvalue weighted by Crippen LogP contribution is -2.30. The largest absolute Gasteiger partial charge is 0.478 e. The minimum absolute atomic E-state index is 0.0322. The number of hydrogen-bond acceptors (Lipinski definition) is 1. The van der Waals surface area contributed by atoms with Crippen molar-refractivity contribution in [2.24, 2.45) is 5.92 Å². The number of halogens is 2. The van der Waals surface area contributed by atoms with Crippen molar-refractivity contribution in [1.29, 1.82) is 0 Å². The molecule has 0 bridgehead atoms. The van der Waals surface area contributed by atoms with Crippen molar-refractivity contribution < 1.29 is 9.90 Å². The van der Waals surface area contributed by atoms with Gasteiger partial charge in [0, 0.05) is 0 Å². The van der Waals surface area contributed by atoms with Crippen LogP contribution in [0.3, 0.4) is 0 Å². The summed E-state index contributed by atoms with van der Waals surface area (Å²) >= 11 is 12.0. The fourth-order valence-electron chi connectivity index (χ4n) is 1.12. The van der Waals surface area contributed by atoms with Crippen molar-refractivity contribution in [2.45, 2.75) is 18.7 Å². The highest BCUT2D eigenvalue weighted by Crippen LogP contribution is 2.41. The number of rotatable bonds is 1. The van der Waals surface area contributed by atoms with Gasteiger partial charge in [0.05, 0.1) is 15.5 Å². The molecule has 1 aliphatic carbocycles. The van der Waals surface area contributed by atoms with Gasteiger partial charge in [-0.2, -0.15) is 0 Å². The summed E-state index contributed by atoms with van der Waals surface area (Å²) in [4.78, 5) is 9.91. The summed E-state index contributed by atoms with van der Waals surface area (Å²) in [6.45, 7) is 3.61. The number of carboxylic acids is 1. The first kappa shape index (κ1) is 10.6. The number of aliphatic carboxylic acids is 1. The van der Waals surface area contributed by atoms with Gasteiger partial charge in [0.25, 0.3) is 0 Å². The molecule has 2 unspecified atom stereocenters. The molecule has 0 radical (unpaired) electrons. The molecular weight excluding hydrogens is 211 g/mol. The molecule has 1 aliphatic rings. The fraction of sp³-hybridized carbons (Fsp3) is 0.444. The molecule has 0 amide bonds. The Bertz CT molecular complexity index is 303. The highest BCUT2D eigenvalue weighted by molar-refractivity contribution is 6.41. The Morgan fingerprint density at radius 3 is 2.69 bits per heavy atom. The number of carboxylic acid groups (broad SMARTS) is 1. The number of allylic oxidation sites excluding steroid dienone is 2. The van der Waals surface area contributed by atoms with E-state index in [1.165, 1.54) is 6.08 Å². The molecule has 0 saturated heterocycles. The predicted molar refractivity (Wildman–Crippen MR) is 53.1 cm³/mol. The quantitative estimate of drug-likeness (QED) is 0.691. The van der Waals surface area contributed by atoms with Gasteiger partial charge >= 0.3 is 5.97 Å². The molecule has 0 aromatic carbocycles. The molecular formula is C9H10Cl2O2. The van der Waals surface area contributed by atoms with Crippen LogP contribution >= 0.6 is 23.2 Å². The topological polar surface area (TPSA) is 37.3 Å². The molecule has 0 aromatic heterocycles. The maximum atomic E-state index is 10.7. The van der Waals surface area contributed by atoms with Gasteiger partial charge in [-0.1, -0.05) is 30.7 Å². The third kappa shape index (κ3) is 1.74. The van der Waals surface area contributed by atoms with Gasteiger partial charge in [-0.3, -0.25) is 0 Å². The Morgan fingerprint density at radius 2 is 2.23 bits per heavy atom. The molecule has 2 atom stereocenters. The Morgan fingerprint density at radius 1 is 1.69 bits per heavy atom. The Kier molecular flexibility index (Phi) is 2.74. The van der Waals surface area contributed by atoms with E-state index in [1.54, 1.807) is 13.0 Å². The van der Waals surface area contributed by atoms with Crippen LogP contribution in [0.1, 0.15) is 13.8 Å². The van der Waals surface area contributed by atoms with Crippen LogP contribution in [0, 0.1) is 5.92 Å². The second-order valence-electron chi connectivity index (χ2n) is 3.26. The van der Waals surface area contributed by atoms with Gasteiger partial charge in [-0.25, -0.2) is 4.79 Å². The van der Waals surface area contributed by atoms with Crippen molar-refractivity contribution >= 4 is 29.2 Å². The molecule has 0 aromatic rings. The first-order valence-electron chi connectivity index (χ1n) is 3.88. The molecule has 0 saturated carbocycles. The zero-order chi connectivity index (χ0) is 10.2. The van der Waals surface area contributed by atoms with Crippen molar-refractivity contribution in [3.63, 3.8) is 0 Å². The maximum Gasteiger partial charge on any atom is 0.336 e. The third-order valence-corrected chi connectivity index (χ3v) is 3.53. The minimum Gasteiger partial charge on any atom is -0.478 e. The molecule has 13 heavy (non-hydrogen) atoms. The van der Waals surface area contributed by atoms with Crippen LogP contribution in [-0.2, 0) is 4.79 Å². The van der Waals surface area contributed by atoms with Crippen LogP contribution in [-0.4, -0.2) is 16.0 Å². The van der Waals surface area contributed by atoms with Crippen molar-refractivity contribution in [3.05, 3.63) is 22.8 Å². The molecule has 0 heterocycles. The summed E-state index contributed by atoms with van der Waals surface area (Å²) in [6.07, 6.45) is 3.25. The Balaban J connectivity index is 3.19. The second-order valence-corrected chi connectivity index (χ2v) is 4.42. The van der Waals surface area contributed by atoms with Gasteiger partial charge in [-0.05, 0) is 12.8 Å². The molecule has 0 fully saturated rings. The average molecular weight is 221 g/mol. The van der Waals surface area contributed by atoms with Crippen LogP contribution in [0.15, 0.2) is 22.8 Å². The van der Waals surface area contributed by atoms with Gasteiger partial charge in [0.2, 0.25) is 0 Å². The van der Waals surface area contributed by atoms with E-state index in [0.717, 1.165) is 0 Å². The lowest BCUT2D eigenvalue weighted by Gasteiger charge is -2.30. The van der Waals surface area contributed by atoms with E-state index in [2.05, 4.69) is 0 Å². The van der Waals surface area contributed by atoms with Crippen LogP contribution in [0.5, 0.6) is 0 Å². The van der Waals surface area contributed by atoms with E-state index in [0.29, 0.717) is 0 Å². The summed E-state index contributed by atoms with van der Waals surface area (Å²) in [5.74, 6) is -1.01. The Hall–Kier alpha value is -0.470. The summed E-state index contributed by atoms with van der Waals surface area (Å²) in [5.41, 5.74) is 0.0808. The fourth-order valence-corrected chi connectivity index (χ4v) is 1.61. The van der Waals surface area contributed by atoms with Crippen molar-refractivity contribution in [3.8, 4) is 0 Å². The van der Waals surface area contributed by atoms with Crippen LogP contribution < -0.4 is 0 Å². The molecule has 1 rings (SSSR count). The predicted octanol–water partition coefficient (Wildman–Crippen LogP) is 2.77. The van der Waals surface area contributed by atoms with Crippen molar-refractivity contribution in [2.75, 3.05) is 0 Å². The first-order valence-corrected chi connectivity index (χ1v) is 4.63. The highest BCUT2D eigenvalue weighted by Gasteiger charge is 2.36. The number of carbonyl (C=O) groups is 1. The van der Waals surface area contributed by atoms with E-state index in [-0.39, 0.29) is 16.5 Å². The maximum absolute atomic E-state index is 10.7. The van der Waals surface area contributed by atoms with E-state index in [9.17, 15) is 4.79 Å². The standard InChI is InChI=1S/C9H10Cl2O2/c1-5-3-4-6(8(12)13)7(10)9(5,2)11/h3-5H,1-2H3,(H,12,13). The summed E-state index contributed by atoms with van der Waals surface area (Å²) < 4.78 is 0. The van der Waals surface area contributed by atoms with E-state index >= 15 is 0 Å². The van der Waals surface area contributed by atoms with E-state index in [1.807, 2.05) is 6.92 Å². The molecule has 4 heteroatoms. The summed E-state index contributed by atoms with van der Waals surface area (Å²) in [6, 6.07) is 0. The van der Waals surface area contributed by atoms with Gasteiger partial charge in [-0.15, -0.1) is 11.6 Å². The van der Waals surface area contributed by atoms with Crippen molar-refractivity contribution in [1.82, 2.24) is 0 Å². The van der Waals surface area contributed by atoms with Gasteiger partial charge < -0.3 is 5.11 Å². The molecule has 0 aliphatic heterocycles. The van der Waals surface area contributed by atoms with Crippen LogP contribution in [0.4, 0.5) is 0 Å². The summed E-state index contributed by atoms with van der Waals surface area (Å²) in [7, 11) is 0. The van der Waals surface area contributed by atoms with E-state index in [4.69, 9.17) is 28.3 Å². The summed E-state index contributed by atoms with van der Waals surface area (Å²) in [5, 5.41) is 8.98. The average Bonchev–Trinajstić information content (AvgIpc) is 2.01. The SMILES string of the molecule is CC1C=CC(C(=O)O)=C(Cl)C1(C)Cl. The molecule has 1 N–H and O–H groups in total. The zero-order valence-electron chi connectivity index (χ0n) is 7.34. The second kappa shape index (κ2) is 3.35. The smallest absolute Gasteiger partial charge is 0.336 e. The third-order valence-electron chi connectivity index (χ3n) is 2.30. The van der Waals surface area contributed by atoms with Gasteiger partial charge in [0.1, 0.15) is 0 Å². The first-order chi connectivity index (χ1) is 5.87. The normalized spacial score (nSPS) is 33.7. The van der Waals surface area contributed by atoms with Crippen LogP contribution in [0.2, 0.25) is 0 Å².